The number of nitrogens with zero attached hydrogens (tertiary/aromatic N) is 1. The van der Waals surface area contributed by atoms with Gasteiger partial charge in [-0.2, -0.15) is 0 Å². The number of carbonyl (C=O) groups is 1. The molecule has 0 spiro atoms. The second kappa shape index (κ2) is 9.32. The molecule has 20 heavy (non-hydrogen) atoms. The van der Waals surface area contributed by atoms with E-state index in [0.717, 1.165) is 25.9 Å². The number of amides is 1. The molecule has 0 aromatic rings. The van der Waals surface area contributed by atoms with Crippen LogP contribution in [-0.4, -0.2) is 28.9 Å². The zero-order valence-corrected chi connectivity index (χ0v) is 14.8. The van der Waals surface area contributed by atoms with Crippen LogP contribution in [0.4, 0.5) is 0 Å². The van der Waals surface area contributed by atoms with E-state index in [0.29, 0.717) is 16.8 Å². The van der Waals surface area contributed by atoms with E-state index in [4.69, 9.17) is 18.0 Å². The van der Waals surface area contributed by atoms with E-state index in [-0.39, 0.29) is 17.7 Å². The van der Waals surface area contributed by atoms with Crippen LogP contribution in [-0.2, 0) is 4.79 Å². The van der Waals surface area contributed by atoms with Gasteiger partial charge in [0.1, 0.15) is 0 Å². The highest BCUT2D eigenvalue weighted by Crippen LogP contribution is 2.17. The van der Waals surface area contributed by atoms with Gasteiger partial charge in [0.05, 0.1) is 10.9 Å². The maximum absolute atomic E-state index is 12.7. The van der Waals surface area contributed by atoms with Crippen molar-refractivity contribution in [2.75, 3.05) is 13.1 Å². The zero-order valence-electron chi connectivity index (χ0n) is 14.0. The normalized spacial score (nSPS) is 13.1. The minimum absolute atomic E-state index is 0.105. The molecule has 0 bridgehead atoms. The number of nitrogens with two attached hydrogens (primary N) is 1. The first-order chi connectivity index (χ1) is 9.16. The van der Waals surface area contributed by atoms with Gasteiger partial charge in [0.15, 0.2) is 0 Å². The maximum Gasteiger partial charge on any atom is 0.232 e. The van der Waals surface area contributed by atoms with Gasteiger partial charge in [-0.25, -0.2) is 0 Å². The fourth-order valence-electron chi connectivity index (χ4n) is 2.09. The summed E-state index contributed by atoms with van der Waals surface area (Å²) < 4.78 is 0. The molecule has 0 aromatic heterocycles. The molecule has 1 unspecified atom stereocenters. The minimum atomic E-state index is -0.329. The number of hydrogen-bond donors (Lipinski definition) is 1. The standard InChI is InChI=1S/C16H32N2OS/c1-11(2)7-9-18(10-8-12(3)4)16(19)14(13(5)6)15(17)20/h11-14H,7-10H2,1-6H3,(H2,17,20). The molecular formula is C16H32N2OS. The number of rotatable bonds is 9. The molecule has 1 atom stereocenters. The van der Waals surface area contributed by atoms with Crippen LogP contribution < -0.4 is 5.73 Å². The molecule has 2 N–H and O–H groups in total. The average Bonchev–Trinajstić information content (AvgIpc) is 2.26. The SMILES string of the molecule is CC(C)CCN(CCC(C)C)C(=O)C(C(N)=S)C(C)C. The minimum Gasteiger partial charge on any atom is -0.393 e. The van der Waals surface area contributed by atoms with Crippen molar-refractivity contribution in [1.82, 2.24) is 4.90 Å². The van der Waals surface area contributed by atoms with Crippen LogP contribution in [0.2, 0.25) is 0 Å². The molecule has 0 radical (unpaired) electrons. The third kappa shape index (κ3) is 7.22. The lowest BCUT2D eigenvalue weighted by Gasteiger charge is -2.30. The Balaban J connectivity index is 4.87. The monoisotopic (exact) mass is 300 g/mol. The van der Waals surface area contributed by atoms with E-state index < -0.39 is 0 Å². The van der Waals surface area contributed by atoms with Crippen LogP contribution in [0.15, 0.2) is 0 Å². The molecule has 4 heteroatoms. The van der Waals surface area contributed by atoms with Crippen LogP contribution in [0.1, 0.15) is 54.4 Å². The summed E-state index contributed by atoms with van der Waals surface area (Å²) in [7, 11) is 0. The number of thiocarbonyl (C=S) groups is 1. The topological polar surface area (TPSA) is 46.3 Å². The second-order valence-corrected chi connectivity index (χ2v) is 7.29. The van der Waals surface area contributed by atoms with Gasteiger partial charge in [-0.05, 0) is 30.6 Å². The fourth-order valence-corrected chi connectivity index (χ4v) is 2.47. The molecule has 0 fully saturated rings. The van der Waals surface area contributed by atoms with Crippen molar-refractivity contribution in [2.45, 2.75) is 54.4 Å². The molecule has 0 rings (SSSR count). The highest BCUT2D eigenvalue weighted by atomic mass is 32.1. The number of carbonyl (C=O) groups excluding carboxylic acids is 1. The Labute approximate surface area is 130 Å². The lowest BCUT2D eigenvalue weighted by molar-refractivity contribution is -0.134. The van der Waals surface area contributed by atoms with Gasteiger partial charge in [-0.1, -0.05) is 53.8 Å². The summed E-state index contributed by atoms with van der Waals surface area (Å²) in [6.45, 7) is 14.3. The molecule has 0 heterocycles. The summed E-state index contributed by atoms with van der Waals surface area (Å²) >= 11 is 5.09. The van der Waals surface area contributed by atoms with Gasteiger partial charge in [0, 0.05) is 13.1 Å². The number of hydrogen-bond acceptors (Lipinski definition) is 2. The largest absolute Gasteiger partial charge is 0.393 e. The van der Waals surface area contributed by atoms with Gasteiger partial charge in [0.2, 0.25) is 5.91 Å². The third-order valence-electron chi connectivity index (χ3n) is 3.50. The Morgan fingerprint density at radius 2 is 1.40 bits per heavy atom. The molecule has 0 saturated heterocycles. The molecule has 1 amide bonds. The average molecular weight is 301 g/mol. The molecule has 0 aliphatic carbocycles. The third-order valence-corrected chi connectivity index (χ3v) is 3.76. The molecule has 0 aromatic carbocycles. The van der Waals surface area contributed by atoms with Crippen molar-refractivity contribution < 1.29 is 4.79 Å². The highest BCUT2D eigenvalue weighted by Gasteiger charge is 2.29. The fraction of sp³-hybridized carbons (Fsp3) is 0.875. The quantitative estimate of drug-likeness (QED) is 0.663. The Morgan fingerprint density at radius 1 is 1.00 bits per heavy atom. The zero-order chi connectivity index (χ0) is 15.9. The first-order valence-corrected chi connectivity index (χ1v) is 8.15. The van der Waals surface area contributed by atoms with Crippen molar-refractivity contribution in [3.8, 4) is 0 Å². The highest BCUT2D eigenvalue weighted by molar-refractivity contribution is 7.80. The van der Waals surface area contributed by atoms with Crippen molar-refractivity contribution in [3.05, 3.63) is 0 Å². The van der Waals surface area contributed by atoms with E-state index in [2.05, 4.69) is 27.7 Å². The van der Waals surface area contributed by atoms with Crippen molar-refractivity contribution in [1.29, 1.82) is 0 Å². The summed E-state index contributed by atoms with van der Waals surface area (Å²) in [6.07, 6.45) is 2.04. The first-order valence-electron chi connectivity index (χ1n) is 7.74. The van der Waals surface area contributed by atoms with E-state index in [9.17, 15) is 4.79 Å². The van der Waals surface area contributed by atoms with E-state index >= 15 is 0 Å². The molecule has 118 valence electrons. The summed E-state index contributed by atoms with van der Waals surface area (Å²) in [5, 5.41) is 0. The summed E-state index contributed by atoms with van der Waals surface area (Å²) in [4.78, 5) is 15.0. The lowest BCUT2D eigenvalue weighted by Crippen LogP contribution is -2.44. The molecule has 0 saturated carbocycles. The predicted molar refractivity (Wildman–Crippen MR) is 90.6 cm³/mol. The van der Waals surface area contributed by atoms with E-state index in [1.807, 2.05) is 18.7 Å². The summed E-state index contributed by atoms with van der Waals surface area (Å²) in [5.41, 5.74) is 5.77. The lowest BCUT2D eigenvalue weighted by atomic mass is 9.93. The Kier molecular flexibility index (Phi) is 9.03. The van der Waals surface area contributed by atoms with Gasteiger partial charge < -0.3 is 10.6 Å². The molecular weight excluding hydrogens is 268 g/mol. The Hall–Kier alpha value is -0.640. The Bertz CT molecular complexity index is 302. The molecule has 0 aliphatic rings. The smallest absolute Gasteiger partial charge is 0.232 e. The van der Waals surface area contributed by atoms with Gasteiger partial charge in [0.25, 0.3) is 0 Å². The van der Waals surface area contributed by atoms with Gasteiger partial charge in [-0.3, -0.25) is 4.79 Å². The molecule has 0 aliphatic heterocycles. The van der Waals surface area contributed by atoms with Crippen molar-refractivity contribution in [3.63, 3.8) is 0 Å². The maximum atomic E-state index is 12.7. The van der Waals surface area contributed by atoms with Crippen molar-refractivity contribution in [2.24, 2.45) is 29.4 Å². The summed E-state index contributed by atoms with van der Waals surface area (Å²) in [6, 6.07) is 0. The van der Waals surface area contributed by atoms with Gasteiger partial charge >= 0.3 is 0 Å². The van der Waals surface area contributed by atoms with E-state index in [1.54, 1.807) is 0 Å². The van der Waals surface area contributed by atoms with Crippen LogP contribution in [0.25, 0.3) is 0 Å². The predicted octanol–water partition coefficient (Wildman–Crippen LogP) is 3.47. The molecule has 3 nitrogen and oxygen atoms in total. The van der Waals surface area contributed by atoms with Crippen LogP contribution in [0, 0.1) is 23.7 Å². The van der Waals surface area contributed by atoms with Crippen LogP contribution >= 0.6 is 12.2 Å². The van der Waals surface area contributed by atoms with E-state index in [1.165, 1.54) is 0 Å². The van der Waals surface area contributed by atoms with Crippen molar-refractivity contribution >= 4 is 23.1 Å². The first kappa shape index (κ1) is 19.4. The van der Waals surface area contributed by atoms with Gasteiger partial charge in [-0.15, -0.1) is 0 Å². The Morgan fingerprint density at radius 3 is 1.65 bits per heavy atom. The second-order valence-electron chi connectivity index (χ2n) is 6.81. The van der Waals surface area contributed by atoms with Crippen LogP contribution in [0.5, 0.6) is 0 Å². The van der Waals surface area contributed by atoms with Crippen LogP contribution in [0.3, 0.4) is 0 Å². The summed E-state index contributed by atoms with van der Waals surface area (Å²) in [5.74, 6) is 1.11.